The van der Waals surface area contributed by atoms with Crippen molar-refractivity contribution in [3.8, 4) is 5.75 Å². The summed E-state index contributed by atoms with van der Waals surface area (Å²) < 4.78 is 17.9. The summed E-state index contributed by atoms with van der Waals surface area (Å²) in [6.07, 6.45) is 4.03. The first-order valence-corrected chi connectivity index (χ1v) is 5.87. The van der Waals surface area contributed by atoms with E-state index in [0.717, 1.165) is 5.82 Å². The Hall–Kier alpha value is -2.37. The lowest BCUT2D eigenvalue weighted by molar-refractivity contribution is -0.123. The third-order valence-corrected chi connectivity index (χ3v) is 2.42. The van der Waals surface area contributed by atoms with E-state index in [0.29, 0.717) is 18.7 Å². The maximum Gasteiger partial charge on any atom is 0.257 e. The van der Waals surface area contributed by atoms with Gasteiger partial charge in [0.05, 0.1) is 0 Å². The number of nitrogens with one attached hydrogen (secondary N) is 2. The van der Waals surface area contributed by atoms with Crippen molar-refractivity contribution in [1.29, 1.82) is 0 Å². The summed E-state index contributed by atoms with van der Waals surface area (Å²) in [5, 5.41) is 2.70. The van der Waals surface area contributed by atoms with Gasteiger partial charge in [-0.15, -0.1) is 0 Å². The van der Waals surface area contributed by atoms with Crippen molar-refractivity contribution >= 4 is 5.91 Å². The fourth-order valence-electron chi connectivity index (χ4n) is 1.49. The highest BCUT2D eigenvalue weighted by atomic mass is 19.1. The van der Waals surface area contributed by atoms with Gasteiger partial charge in [-0.1, -0.05) is 0 Å². The Bertz CT molecular complexity index is 511. The zero-order valence-electron chi connectivity index (χ0n) is 10.2. The maximum atomic E-state index is 12.6. The number of carbonyl (C=O) groups excluding carboxylic acids is 1. The number of ether oxygens (including phenoxy) is 1. The normalized spacial score (nSPS) is 10.2. The number of H-pyrrole nitrogens is 1. The molecule has 2 rings (SSSR count). The molecule has 1 aromatic heterocycles. The highest BCUT2D eigenvalue weighted by Gasteiger charge is 2.03. The van der Waals surface area contributed by atoms with Gasteiger partial charge in [0.25, 0.3) is 5.91 Å². The lowest BCUT2D eigenvalue weighted by atomic mass is 10.3. The van der Waals surface area contributed by atoms with E-state index in [-0.39, 0.29) is 18.3 Å². The average Bonchev–Trinajstić information content (AvgIpc) is 2.91. The van der Waals surface area contributed by atoms with Gasteiger partial charge in [-0.2, -0.15) is 0 Å². The first kappa shape index (κ1) is 13.1. The number of hydrogen-bond acceptors (Lipinski definition) is 3. The quantitative estimate of drug-likeness (QED) is 0.825. The van der Waals surface area contributed by atoms with Crippen LogP contribution in [0, 0.1) is 5.82 Å². The third-order valence-electron chi connectivity index (χ3n) is 2.42. The zero-order chi connectivity index (χ0) is 13.5. The fourth-order valence-corrected chi connectivity index (χ4v) is 1.49. The van der Waals surface area contributed by atoms with Crippen molar-refractivity contribution in [3.05, 3.63) is 48.3 Å². The number of rotatable bonds is 6. The first-order valence-electron chi connectivity index (χ1n) is 5.87. The molecule has 6 heteroatoms. The summed E-state index contributed by atoms with van der Waals surface area (Å²) in [6, 6.07) is 5.52. The first-order chi connectivity index (χ1) is 9.24. The Balaban J connectivity index is 1.65. The topological polar surface area (TPSA) is 67.0 Å². The van der Waals surface area contributed by atoms with Crippen LogP contribution in [0.2, 0.25) is 0 Å². The van der Waals surface area contributed by atoms with E-state index in [9.17, 15) is 9.18 Å². The number of benzene rings is 1. The largest absolute Gasteiger partial charge is 0.484 e. The Morgan fingerprint density at radius 1 is 1.37 bits per heavy atom. The average molecular weight is 263 g/mol. The van der Waals surface area contributed by atoms with Crippen LogP contribution in [-0.2, 0) is 11.2 Å². The van der Waals surface area contributed by atoms with E-state index in [1.165, 1.54) is 24.3 Å². The SMILES string of the molecule is O=C(COc1ccc(F)cc1)NCCc1ncc[nH]1. The molecule has 0 aliphatic rings. The molecular formula is C13H14FN3O2. The fraction of sp³-hybridized carbons (Fsp3) is 0.231. The van der Waals surface area contributed by atoms with Crippen molar-refractivity contribution in [2.24, 2.45) is 0 Å². The smallest absolute Gasteiger partial charge is 0.257 e. The van der Waals surface area contributed by atoms with Crippen LogP contribution in [-0.4, -0.2) is 29.0 Å². The highest BCUT2D eigenvalue weighted by molar-refractivity contribution is 5.77. The van der Waals surface area contributed by atoms with Crippen molar-refractivity contribution < 1.29 is 13.9 Å². The summed E-state index contributed by atoms with van der Waals surface area (Å²) in [5.41, 5.74) is 0. The Morgan fingerprint density at radius 3 is 2.84 bits per heavy atom. The van der Waals surface area contributed by atoms with Gasteiger partial charge in [0.15, 0.2) is 6.61 Å². The van der Waals surface area contributed by atoms with Crippen LogP contribution in [0.4, 0.5) is 4.39 Å². The van der Waals surface area contributed by atoms with Gasteiger partial charge in [0.2, 0.25) is 0 Å². The van der Waals surface area contributed by atoms with E-state index in [4.69, 9.17) is 4.74 Å². The molecule has 5 nitrogen and oxygen atoms in total. The molecule has 0 saturated carbocycles. The molecule has 2 aromatic rings. The molecule has 0 unspecified atom stereocenters. The summed E-state index contributed by atoms with van der Waals surface area (Å²) >= 11 is 0. The van der Waals surface area contributed by atoms with Crippen LogP contribution >= 0.6 is 0 Å². The van der Waals surface area contributed by atoms with Gasteiger partial charge in [-0.05, 0) is 24.3 Å². The summed E-state index contributed by atoms with van der Waals surface area (Å²) in [4.78, 5) is 18.5. The Labute approximate surface area is 109 Å². The Kier molecular flexibility index (Phi) is 4.49. The van der Waals surface area contributed by atoms with E-state index in [1.807, 2.05) is 0 Å². The minimum absolute atomic E-state index is 0.0935. The van der Waals surface area contributed by atoms with Crippen molar-refractivity contribution in [1.82, 2.24) is 15.3 Å². The second-order valence-corrected chi connectivity index (χ2v) is 3.88. The molecule has 0 aliphatic carbocycles. The molecule has 19 heavy (non-hydrogen) atoms. The van der Waals surface area contributed by atoms with E-state index >= 15 is 0 Å². The van der Waals surface area contributed by atoms with Crippen molar-refractivity contribution in [2.75, 3.05) is 13.2 Å². The molecule has 1 heterocycles. The number of aromatic nitrogens is 2. The van der Waals surface area contributed by atoms with Crippen LogP contribution in [0.15, 0.2) is 36.7 Å². The third kappa shape index (κ3) is 4.42. The standard InChI is InChI=1S/C13H14FN3O2/c14-10-1-3-11(4-2-10)19-9-13(18)17-6-5-12-15-7-8-16-12/h1-4,7-8H,5-6,9H2,(H,15,16)(H,17,18). The van der Waals surface area contributed by atoms with Gasteiger partial charge in [0, 0.05) is 25.4 Å². The van der Waals surface area contributed by atoms with Gasteiger partial charge >= 0.3 is 0 Å². The minimum Gasteiger partial charge on any atom is -0.484 e. The number of carbonyl (C=O) groups is 1. The summed E-state index contributed by atoms with van der Waals surface area (Å²) in [6.45, 7) is 0.392. The van der Waals surface area contributed by atoms with Crippen LogP contribution < -0.4 is 10.1 Å². The lowest BCUT2D eigenvalue weighted by Gasteiger charge is -2.06. The molecule has 100 valence electrons. The predicted molar refractivity (Wildman–Crippen MR) is 67.2 cm³/mol. The molecule has 0 spiro atoms. The van der Waals surface area contributed by atoms with Gasteiger partial charge in [0.1, 0.15) is 17.4 Å². The number of imidazole rings is 1. The van der Waals surface area contributed by atoms with Gasteiger partial charge in [-0.3, -0.25) is 4.79 Å². The molecule has 0 saturated heterocycles. The second kappa shape index (κ2) is 6.53. The van der Waals surface area contributed by atoms with Crippen LogP contribution in [0.3, 0.4) is 0 Å². The molecule has 2 N–H and O–H groups in total. The summed E-state index contributed by atoms with van der Waals surface area (Å²) in [7, 11) is 0. The lowest BCUT2D eigenvalue weighted by Crippen LogP contribution is -2.30. The molecule has 0 radical (unpaired) electrons. The molecule has 0 atom stereocenters. The van der Waals surface area contributed by atoms with Crippen LogP contribution in [0.1, 0.15) is 5.82 Å². The number of hydrogen-bond donors (Lipinski definition) is 2. The molecule has 0 bridgehead atoms. The molecule has 1 aromatic carbocycles. The van der Waals surface area contributed by atoms with Crippen molar-refractivity contribution in [2.45, 2.75) is 6.42 Å². The minimum atomic E-state index is -0.338. The van der Waals surface area contributed by atoms with E-state index in [1.54, 1.807) is 12.4 Å². The number of aromatic amines is 1. The number of halogens is 1. The summed E-state index contributed by atoms with van der Waals surface area (Å²) in [5.74, 6) is 0.716. The second-order valence-electron chi connectivity index (χ2n) is 3.88. The van der Waals surface area contributed by atoms with E-state index < -0.39 is 0 Å². The van der Waals surface area contributed by atoms with Gasteiger partial charge in [-0.25, -0.2) is 9.37 Å². The van der Waals surface area contributed by atoms with Gasteiger partial charge < -0.3 is 15.0 Å². The molecular weight excluding hydrogens is 249 g/mol. The monoisotopic (exact) mass is 263 g/mol. The molecule has 0 fully saturated rings. The molecule has 1 amide bonds. The van der Waals surface area contributed by atoms with Crippen LogP contribution in [0.25, 0.3) is 0 Å². The van der Waals surface area contributed by atoms with Crippen molar-refractivity contribution in [3.63, 3.8) is 0 Å². The highest BCUT2D eigenvalue weighted by Crippen LogP contribution is 2.10. The number of nitrogens with zero attached hydrogens (tertiary/aromatic N) is 1. The zero-order valence-corrected chi connectivity index (χ0v) is 10.2. The number of amides is 1. The van der Waals surface area contributed by atoms with E-state index in [2.05, 4.69) is 15.3 Å². The predicted octanol–water partition coefficient (Wildman–Crippen LogP) is 1.29. The Morgan fingerprint density at radius 2 is 2.16 bits per heavy atom. The maximum absolute atomic E-state index is 12.6. The van der Waals surface area contributed by atoms with Crippen LogP contribution in [0.5, 0.6) is 5.75 Å². The molecule has 0 aliphatic heterocycles.